The molecule has 2 amide bonds. The molecule has 160 valence electrons. The highest BCUT2D eigenvalue weighted by Crippen LogP contribution is 2.13. The summed E-state index contributed by atoms with van der Waals surface area (Å²) in [4.78, 5) is 37.5. The molecule has 3 rings (SSSR count). The molecule has 0 spiro atoms. The van der Waals surface area contributed by atoms with Crippen molar-refractivity contribution in [3.63, 3.8) is 0 Å². The monoisotopic (exact) mass is 438 g/mol. The molecule has 0 saturated carbocycles. The lowest BCUT2D eigenvalue weighted by Crippen LogP contribution is -2.42. The zero-order valence-corrected chi connectivity index (χ0v) is 17.9. The van der Waals surface area contributed by atoms with Gasteiger partial charge < -0.3 is 0 Å². The van der Waals surface area contributed by atoms with Crippen LogP contribution in [0.1, 0.15) is 42.2 Å². The third kappa shape index (κ3) is 5.79. The second-order valence-corrected chi connectivity index (χ2v) is 7.39. The minimum absolute atomic E-state index is 0.0775. The number of unbranched alkanes of at least 4 members (excludes halogenated alkanes) is 2. The standard InChI is InChI=1S/C23H23ClN4O3/c1-2-3-6-15-28-23(31)19-8-5-4-7-18(19)21(27-28)22(30)26-25-20(29)14-11-16-9-12-17(24)13-10-16/h4-5,7-14H,2-3,6,15H2,1H3,(H,25,29)(H,26,30)/b14-11+. The van der Waals surface area contributed by atoms with Crippen LogP contribution in [0.4, 0.5) is 0 Å². The fourth-order valence-corrected chi connectivity index (χ4v) is 3.16. The normalized spacial score (nSPS) is 11.0. The number of rotatable bonds is 7. The Morgan fingerprint density at radius 1 is 1.03 bits per heavy atom. The summed E-state index contributed by atoms with van der Waals surface area (Å²) in [6.07, 6.45) is 5.64. The molecule has 0 aliphatic heterocycles. The van der Waals surface area contributed by atoms with Crippen LogP contribution in [0.2, 0.25) is 5.02 Å². The first-order valence-electron chi connectivity index (χ1n) is 10.0. The predicted molar refractivity (Wildman–Crippen MR) is 122 cm³/mol. The maximum atomic E-state index is 12.7. The van der Waals surface area contributed by atoms with E-state index in [0.717, 1.165) is 24.8 Å². The van der Waals surface area contributed by atoms with Crippen molar-refractivity contribution < 1.29 is 9.59 Å². The third-order valence-corrected chi connectivity index (χ3v) is 4.90. The van der Waals surface area contributed by atoms with Gasteiger partial charge in [0.1, 0.15) is 0 Å². The molecular formula is C23H23ClN4O3. The number of carbonyl (C=O) groups is 2. The van der Waals surface area contributed by atoms with E-state index in [1.54, 1.807) is 54.6 Å². The van der Waals surface area contributed by atoms with Crippen LogP contribution in [0, 0.1) is 0 Å². The summed E-state index contributed by atoms with van der Waals surface area (Å²) in [6, 6.07) is 13.8. The average Bonchev–Trinajstić information content (AvgIpc) is 2.79. The first kappa shape index (κ1) is 22.2. The van der Waals surface area contributed by atoms with Crippen LogP contribution in [0.25, 0.3) is 16.8 Å². The van der Waals surface area contributed by atoms with Crippen molar-refractivity contribution in [3.05, 3.63) is 81.2 Å². The van der Waals surface area contributed by atoms with Gasteiger partial charge in [-0.1, -0.05) is 61.7 Å². The predicted octanol–water partition coefficient (Wildman–Crippen LogP) is 3.71. The van der Waals surface area contributed by atoms with Gasteiger partial charge in [-0.3, -0.25) is 25.2 Å². The van der Waals surface area contributed by atoms with E-state index < -0.39 is 11.8 Å². The number of carbonyl (C=O) groups excluding carboxylic acids is 2. The van der Waals surface area contributed by atoms with Gasteiger partial charge in [0.15, 0.2) is 5.69 Å². The van der Waals surface area contributed by atoms with E-state index in [2.05, 4.69) is 22.9 Å². The molecular weight excluding hydrogens is 416 g/mol. The molecule has 1 aromatic heterocycles. The van der Waals surface area contributed by atoms with Crippen LogP contribution < -0.4 is 16.4 Å². The summed E-state index contributed by atoms with van der Waals surface area (Å²) in [7, 11) is 0. The number of nitrogens with zero attached hydrogens (tertiary/aromatic N) is 2. The highest BCUT2D eigenvalue weighted by molar-refractivity contribution is 6.30. The van der Waals surface area contributed by atoms with E-state index in [1.807, 2.05) is 0 Å². The van der Waals surface area contributed by atoms with Gasteiger partial charge in [-0.2, -0.15) is 5.10 Å². The summed E-state index contributed by atoms with van der Waals surface area (Å²) in [5, 5.41) is 5.71. The smallest absolute Gasteiger partial charge is 0.268 e. The van der Waals surface area contributed by atoms with Crippen LogP contribution in [0.15, 0.2) is 59.4 Å². The molecule has 0 bridgehead atoms. The quantitative estimate of drug-likeness (QED) is 0.334. The number of nitrogens with one attached hydrogen (secondary N) is 2. The van der Waals surface area contributed by atoms with Gasteiger partial charge >= 0.3 is 0 Å². The van der Waals surface area contributed by atoms with Crippen molar-refractivity contribution in [3.8, 4) is 0 Å². The number of hydrogen-bond acceptors (Lipinski definition) is 4. The van der Waals surface area contributed by atoms with Gasteiger partial charge in [-0.05, 0) is 36.3 Å². The van der Waals surface area contributed by atoms with Crippen molar-refractivity contribution in [1.82, 2.24) is 20.6 Å². The van der Waals surface area contributed by atoms with Crippen molar-refractivity contribution in [2.24, 2.45) is 0 Å². The molecule has 2 N–H and O–H groups in total. The van der Waals surface area contributed by atoms with E-state index >= 15 is 0 Å². The summed E-state index contributed by atoms with van der Waals surface area (Å²) in [6.45, 7) is 2.49. The van der Waals surface area contributed by atoms with Crippen LogP contribution in [-0.2, 0) is 11.3 Å². The molecule has 0 unspecified atom stereocenters. The molecule has 0 aliphatic carbocycles. The van der Waals surface area contributed by atoms with Gasteiger partial charge in [0.2, 0.25) is 0 Å². The van der Waals surface area contributed by atoms with Crippen molar-refractivity contribution in [1.29, 1.82) is 0 Å². The molecule has 1 heterocycles. The summed E-state index contributed by atoms with van der Waals surface area (Å²) in [5.41, 5.74) is 5.33. The summed E-state index contributed by atoms with van der Waals surface area (Å²) < 4.78 is 1.31. The highest BCUT2D eigenvalue weighted by atomic mass is 35.5. The maximum absolute atomic E-state index is 12.7. The number of aromatic nitrogens is 2. The minimum Gasteiger partial charge on any atom is -0.268 e. The Bertz CT molecular complexity index is 1170. The fraction of sp³-hybridized carbons (Fsp3) is 0.217. The number of amides is 2. The Hall–Kier alpha value is -3.45. The zero-order chi connectivity index (χ0) is 22.2. The molecule has 0 atom stereocenters. The van der Waals surface area contributed by atoms with Gasteiger partial charge in [0.25, 0.3) is 17.4 Å². The highest BCUT2D eigenvalue weighted by Gasteiger charge is 2.16. The van der Waals surface area contributed by atoms with Gasteiger partial charge in [-0.25, -0.2) is 4.68 Å². The number of fused-ring (bicyclic) bond motifs is 1. The van der Waals surface area contributed by atoms with Crippen molar-refractivity contribution >= 4 is 40.3 Å². The second-order valence-electron chi connectivity index (χ2n) is 6.96. The lowest BCUT2D eigenvalue weighted by Gasteiger charge is -2.11. The average molecular weight is 439 g/mol. The van der Waals surface area contributed by atoms with E-state index in [-0.39, 0.29) is 11.3 Å². The fourth-order valence-electron chi connectivity index (χ4n) is 3.03. The van der Waals surface area contributed by atoms with Crippen LogP contribution in [-0.4, -0.2) is 21.6 Å². The topological polar surface area (TPSA) is 93.1 Å². The van der Waals surface area contributed by atoms with Crippen LogP contribution >= 0.6 is 11.6 Å². The Labute approximate surface area is 184 Å². The molecule has 0 saturated heterocycles. The van der Waals surface area contributed by atoms with Gasteiger partial charge in [-0.15, -0.1) is 0 Å². The molecule has 0 aliphatic rings. The molecule has 0 radical (unpaired) electrons. The molecule has 0 fully saturated rings. The Kier molecular flexibility index (Phi) is 7.56. The van der Waals surface area contributed by atoms with Crippen molar-refractivity contribution in [2.45, 2.75) is 32.7 Å². The molecule has 7 nitrogen and oxygen atoms in total. The zero-order valence-electron chi connectivity index (χ0n) is 17.1. The van der Waals surface area contributed by atoms with Crippen LogP contribution in [0.5, 0.6) is 0 Å². The first-order valence-corrected chi connectivity index (χ1v) is 10.4. The van der Waals surface area contributed by atoms with E-state index in [9.17, 15) is 14.4 Å². The number of hydrogen-bond donors (Lipinski definition) is 2. The molecule has 31 heavy (non-hydrogen) atoms. The SMILES string of the molecule is CCCCCn1nc(C(=O)NNC(=O)/C=C/c2ccc(Cl)cc2)c2ccccc2c1=O. The van der Waals surface area contributed by atoms with E-state index in [1.165, 1.54) is 10.8 Å². The van der Waals surface area contributed by atoms with Gasteiger partial charge in [0.05, 0.1) is 5.39 Å². The first-order chi connectivity index (χ1) is 15.0. The Morgan fingerprint density at radius 3 is 2.45 bits per heavy atom. The van der Waals surface area contributed by atoms with Crippen LogP contribution in [0.3, 0.4) is 0 Å². The van der Waals surface area contributed by atoms with Gasteiger partial charge in [0, 0.05) is 23.0 Å². The van der Waals surface area contributed by atoms with E-state index in [4.69, 9.17) is 11.6 Å². The summed E-state index contributed by atoms with van der Waals surface area (Å²) >= 11 is 5.84. The summed E-state index contributed by atoms with van der Waals surface area (Å²) in [5.74, 6) is -1.11. The van der Waals surface area contributed by atoms with Crippen molar-refractivity contribution in [2.75, 3.05) is 0 Å². The number of halogens is 1. The maximum Gasteiger partial charge on any atom is 0.290 e. The lowest BCUT2D eigenvalue weighted by molar-refractivity contribution is -0.117. The molecule has 2 aromatic carbocycles. The molecule has 3 aromatic rings. The number of hydrazine groups is 1. The Morgan fingerprint density at radius 2 is 1.74 bits per heavy atom. The molecule has 8 heteroatoms. The Balaban J connectivity index is 1.75. The second kappa shape index (κ2) is 10.5. The number of aryl methyl sites for hydroxylation is 1. The third-order valence-electron chi connectivity index (χ3n) is 4.65. The lowest BCUT2D eigenvalue weighted by atomic mass is 10.1. The largest absolute Gasteiger partial charge is 0.290 e. The minimum atomic E-state index is -0.603. The van der Waals surface area contributed by atoms with E-state index in [0.29, 0.717) is 22.3 Å². The number of benzene rings is 2.